The molecule has 0 spiro atoms. The van der Waals surface area contributed by atoms with Crippen molar-refractivity contribution < 1.29 is 24.5 Å². The number of carbonyl (C=O) groups is 1. The molecule has 0 amide bonds. The highest BCUT2D eigenvalue weighted by atomic mass is 32.2. The van der Waals surface area contributed by atoms with Crippen LogP contribution in [0, 0.1) is 0 Å². The lowest BCUT2D eigenvalue weighted by atomic mass is 10.0. The number of thioether (sulfide) groups is 1. The summed E-state index contributed by atoms with van der Waals surface area (Å²) >= 11 is 1.48. The second-order valence-corrected chi connectivity index (χ2v) is 8.97. The molecule has 3 aromatic rings. The predicted octanol–water partition coefficient (Wildman–Crippen LogP) is 4.67. The van der Waals surface area contributed by atoms with Crippen molar-refractivity contribution in [1.29, 1.82) is 0 Å². The van der Waals surface area contributed by atoms with Crippen molar-refractivity contribution in [3.63, 3.8) is 0 Å². The largest absolute Gasteiger partial charge is 0.478 e. The first kappa shape index (κ1) is 23.5. The van der Waals surface area contributed by atoms with E-state index in [9.17, 15) is 15.0 Å². The monoisotopic (exact) mass is 465 g/mol. The third kappa shape index (κ3) is 5.82. The van der Waals surface area contributed by atoms with Crippen molar-refractivity contribution in [3.05, 3.63) is 101 Å². The van der Waals surface area contributed by atoms with E-state index >= 15 is 0 Å². The molecule has 3 aromatic carbocycles. The fourth-order valence-electron chi connectivity index (χ4n) is 3.79. The lowest BCUT2D eigenvalue weighted by Crippen LogP contribution is -2.31. The maximum atomic E-state index is 11.6. The van der Waals surface area contributed by atoms with Crippen LogP contribution in [0.15, 0.2) is 77.7 Å². The standard InChI is InChI=1S/C26H27NO5S/c27-14-17-5-11-20(12-6-17)26-31-21(16-33-24-4-2-1-3-22(24)25(29)30)13-23(32-26)19-9-7-18(15-28)8-10-19/h1-12,21,23,26,28H,13-16,27H2,(H,29,30)/t21-,23+,26+/m0/s1. The molecule has 4 N–H and O–H groups in total. The number of ether oxygens (including phenoxy) is 2. The second-order valence-electron chi connectivity index (χ2n) is 7.91. The average molecular weight is 466 g/mol. The molecule has 0 aromatic heterocycles. The van der Waals surface area contributed by atoms with Gasteiger partial charge in [-0.2, -0.15) is 0 Å². The van der Waals surface area contributed by atoms with Crippen LogP contribution >= 0.6 is 11.8 Å². The first-order valence-corrected chi connectivity index (χ1v) is 11.8. The molecule has 7 heteroatoms. The predicted molar refractivity (Wildman–Crippen MR) is 127 cm³/mol. The summed E-state index contributed by atoms with van der Waals surface area (Å²) in [6.45, 7) is 0.460. The van der Waals surface area contributed by atoms with E-state index in [-0.39, 0.29) is 18.8 Å². The highest BCUT2D eigenvalue weighted by Crippen LogP contribution is 2.39. The lowest BCUT2D eigenvalue weighted by molar-refractivity contribution is -0.245. The number of nitrogens with two attached hydrogens (primary N) is 1. The maximum Gasteiger partial charge on any atom is 0.336 e. The number of hydrogen-bond acceptors (Lipinski definition) is 6. The zero-order valence-corrected chi connectivity index (χ0v) is 18.9. The number of hydrogen-bond donors (Lipinski definition) is 3. The van der Waals surface area contributed by atoms with Gasteiger partial charge >= 0.3 is 5.97 Å². The summed E-state index contributed by atoms with van der Waals surface area (Å²) < 4.78 is 12.6. The van der Waals surface area contributed by atoms with Gasteiger partial charge in [0.25, 0.3) is 0 Å². The quantitative estimate of drug-likeness (QED) is 0.415. The highest BCUT2D eigenvalue weighted by Gasteiger charge is 2.32. The Hall–Kier alpha value is -2.68. The SMILES string of the molecule is NCc1ccc([C@@H]2O[C@H](CSc3ccccc3C(=O)O)C[C@H](c3ccc(CO)cc3)O2)cc1. The Kier molecular flexibility index (Phi) is 7.80. The Morgan fingerprint density at radius 1 is 0.939 bits per heavy atom. The first-order valence-electron chi connectivity index (χ1n) is 10.8. The third-order valence-corrected chi connectivity index (χ3v) is 6.85. The van der Waals surface area contributed by atoms with E-state index in [1.54, 1.807) is 12.1 Å². The molecule has 0 saturated carbocycles. The average Bonchev–Trinajstić information content (AvgIpc) is 2.87. The summed E-state index contributed by atoms with van der Waals surface area (Å²) in [6.07, 6.45) is -0.246. The van der Waals surface area contributed by atoms with Crippen LogP contribution in [-0.4, -0.2) is 28.0 Å². The van der Waals surface area contributed by atoms with Gasteiger partial charge in [-0.05, 0) is 28.8 Å². The van der Waals surface area contributed by atoms with Gasteiger partial charge < -0.3 is 25.4 Å². The van der Waals surface area contributed by atoms with Crippen molar-refractivity contribution in [3.8, 4) is 0 Å². The number of benzene rings is 3. The molecule has 0 aliphatic carbocycles. The van der Waals surface area contributed by atoms with Gasteiger partial charge in [-0.1, -0.05) is 60.7 Å². The van der Waals surface area contributed by atoms with Crippen LogP contribution in [0.1, 0.15) is 51.4 Å². The number of carboxylic acids is 1. The van der Waals surface area contributed by atoms with Gasteiger partial charge in [0.05, 0.1) is 24.4 Å². The molecular formula is C26H27NO5S. The minimum absolute atomic E-state index is 0.00666. The number of rotatable bonds is 8. The van der Waals surface area contributed by atoms with Crippen LogP contribution < -0.4 is 5.73 Å². The van der Waals surface area contributed by atoms with Crippen molar-refractivity contribution in [2.45, 2.75) is 43.0 Å². The molecular weight excluding hydrogens is 438 g/mol. The maximum absolute atomic E-state index is 11.6. The van der Waals surface area contributed by atoms with Crippen LogP contribution in [0.4, 0.5) is 0 Å². The van der Waals surface area contributed by atoms with Gasteiger partial charge in [0.2, 0.25) is 0 Å². The Labute approximate surface area is 197 Å². The Bertz CT molecular complexity index is 1020. The number of aliphatic hydroxyl groups excluding tert-OH is 1. The molecule has 6 nitrogen and oxygen atoms in total. The van der Waals surface area contributed by atoms with Crippen LogP contribution in [0.25, 0.3) is 0 Å². The number of aromatic carboxylic acids is 1. The molecule has 1 heterocycles. The summed E-state index contributed by atoms with van der Waals surface area (Å²) in [6, 6.07) is 22.6. The summed E-state index contributed by atoms with van der Waals surface area (Å²) in [5.74, 6) is -0.346. The lowest BCUT2D eigenvalue weighted by Gasteiger charge is -2.36. The zero-order chi connectivity index (χ0) is 23.2. The third-order valence-electron chi connectivity index (χ3n) is 5.64. The minimum Gasteiger partial charge on any atom is -0.478 e. The van der Waals surface area contributed by atoms with E-state index in [1.165, 1.54) is 11.8 Å². The van der Waals surface area contributed by atoms with E-state index in [0.29, 0.717) is 29.2 Å². The molecule has 3 atom stereocenters. The summed E-state index contributed by atoms with van der Waals surface area (Å²) in [5, 5.41) is 18.8. The number of carboxylic acid groups (broad SMARTS) is 1. The molecule has 1 fully saturated rings. The van der Waals surface area contributed by atoms with Crippen LogP contribution in [0.3, 0.4) is 0 Å². The topological polar surface area (TPSA) is 102 Å². The van der Waals surface area contributed by atoms with Gasteiger partial charge in [0.1, 0.15) is 0 Å². The van der Waals surface area contributed by atoms with Crippen molar-refractivity contribution in [2.75, 3.05) is 5.75 Å². The summed E-state index contributed by atoms with van der Waals surface area (Å²) in [4.78, 5) is 12.3. The summed E-state index contributed by atoms with van der Waals surface area (Å²) in [7, 11) is 0. The van der Waals surface area contributed by atoms with Crippen molar-refractivity contribution >= 4 is 17.7 Å². The molecule has 0 radical (unpaired) electrons. The van der Waals surface area contributed by atoms with E-state index in [2.05, 4.69) is 0 Å². The molecule has 1 saturated heterocycles. The fourth-order valence-corrected chi connectivity index (χ4v) is 4.85. The van der Waals surface area contributed by atoms with Gasteiger partial charge in [0, 0.05) is 29.2 Å². The fraction of sp³-hybridized carbons (Fsp3) is 0.269. The van der Waals surface area contributed by atoms with Crippen molar-refractivity contribution in [1.82, 2.24) is 0 Å². The minimum atomic E-state index is -0.939. The van der Waals surface area contributed by atoms with E-state index in [0.717, 1.165) is 22.3 Å². The molecule has 1 aliphatic heterocycles. The Morgan fingerprint density at radius 3 is 2.27 bits per heavy atom. The second kappa shape index (κ2) is 11.0. The van der Waals surface area contributed by atoms with Gasteiger partial charge in [-0.15, -0.1) is 11.8 Å². The number of aliphatic hydroxyl groups is 1. The Morgan fingerprint density at radius 2 is 1.61 bits per heavy atom. The molecule has 33 heavy (non-hydrogen) atoms. The van der Waals surface area contributed by atoms with Crippen LogP contribution in [-0.2, 0) is 22.6 Å². The van der Waals surface area contributed by atoms with E-state index in [1.807, 2.05) is 60.7 Å². The molecule has 0 bridgehead atoms. The normalized spacial score (nSPS) is 20.5. The Balaban J connectivity index is 1.55. The first-order chi connectivity index (χ1) is 16.1. The highest BCUT2D eigenvalue weighted by molar-refractivity contribution is 7.99. The molecule has 1 aliphatic rings. The van der Waals surface area contributed by atoms with Crippen molar-refractivity contribution in [2.24, 2.45) is 5.73 Å². The molecule has 4 rings (SSSR count). The van der Waals surface area contributed by atoms with E-state index in [4.69, 9.17) is 15.2 Å². The van der Waals surface area contributed by atoms with Crippen LogP contribution in [0.5, 0.6) is 0 Å². The van der Waals surface area contributed by atoms with Gasteiger partial charge in [-0.25, -0.2) is 4.79 Å². The van der Waals surface area contributed by atoms with Gasteiger partial charge in [0.15, 0.2) is 6.29 Å². The van der Waals surface area contributed by atoms with Crippen LogP contribution in [0.2, 0.25) is 0 Å². The summed E-state index contributed by atoms with van der Waals surface area (Å²) in [5.41, 5.74) is 9.81. The molecule has 0 unspecified atom stereocenters. The molecule has 172 valence electrons. The zero-order valence-electron chi connectivity index (χ0n) is 18.1. The van der Waals surface area contributed by atoms with E-state index < -0.39 is 12.3 Å². The van der Waals surface area contributed by atoms with Gasteiger partial charge in [-0.3, -0.25) is 0 Å². The smallest absolute Gasteiger partial charge is 0.336 e.